The molecule has 0 fully saturated rings. The summed E-state index contributed by atoms with van der Waals surface area (Å²) in [4.78, 5) is 30.7. The van der Waals surface area contributed by atoms with Crippen molar-refractivity contribution < 1.29 is 4.79 Å². The molecule has 0 saturated heterocycles. The summed E-state index contributed by atoms with van der Waals surface area (Å²) in [7, 11) is 1.85. The Morgan fingerprint density at radius 1 is 1.20 bits per heavy atom. The fourth-order valence-electron chi connectivity index (χ4n) is 3.21. The zero-order valence-corrected chi connectivity index (χ0v) is 19.2. The van der Waals surface area contributed by atoms with E-state index in [0.29, 0.717) is 28.5 Å². The molecule has 8 heteroatoms. The van der Waals surface area contributed by atoms with Crippen molar-refractivity contribution in [2.24, 2.45) is 13.0 Å². The van der Waals surface area contributed by atoms with E-state index in [2.05, 4.69) is 24.3 Å². The van der Waals surface area contributed by atoms with Crippen LogP contribution < -0.4 is 10.9 Å². The number of nitrogens with zero attached hydrogens (tertiary/aromatic N) is 4. The highest BCUT2D eigenvalue weighted by atomic mass is 32.2. The lowest BCUT2D eigenvalue weighted by atomic mass is 10.1. The number of carbonyl (C=O) groups is 1. The lowest BCUT2D eigenvalue weighted by molar-refractivity contribution is -0.115. The zero-order chi connectivity index (χ0) is 22.0. The molecule has 2 heterocycles. The van der Waals surface area contributed by atoms with E-state index >= 15 is 0 Å². The van der Waals surface area contributed by atoms with Crippen LogP contribution >= 0.6 is 11.8 Å². The van der Waals surface area contributed by atoms with Crippen LogP contribution in [0.1, 0.15) is 38.6 Å². The summed E-state index contributed by atoms with van der Waals surface area (Å²) in [6.07, 6.45) is 0.863. The number of carbonyl (C=O) groups excluding carboxylic acids is 1. The smallest absolute Gasteiger partial charge is 0.262 e. The van der Waals surface area contributed by atoms with E-state index in [-0.39, 0.29) is 11.5 Å². The Labute approximate surface area is 180 Å². The first-order chi connectivity index (χ1) is 14.2. The number of amides is 1. The molecule has 0 unspecified atom stereocenters. The summed E-state index contributed by atoms with van der Waals surface area (Å²) in [5, 5.41) is 8.07. The lowest BCUT2D eigenvalue weighted by Crippen LogP contribution is -2.27. The predicted molar refractivity (Wildman–Crippen MR) is 122 cm³/mol. The van der Waals surface area contributed by atoms with Gasteiger partial charge in [0.25, 0.3) is 5.56 Å². The fraction of sp³-hybridized carbons (Fsp3) is 0.455. The van der Waals surface area contributed by atoms with Crippen LogP contribution in [0.4, 0.5) is 5.69 Å². The van der Waals surface area contributed by atoms with E-state index in [1.165, 1.54) is 11.8 Å². The van der Waals surface area contributed by atoms with Gasteiger partial charge in [0.2, 0.25) is 5.91 Å². The summed E-state index contributed by atoms with van der Waals surface area (Å²) < 4.78 is 3.45. The largest absolute Gasteiger partial charge is 0.322 e. The van der Waals surface area contributed by atoms with Gasteiger partial charge in [-0.2, -0.15) is 5.10 Å². The zero-order valence-electron chi connectivity index (χ0n) is 18.4. The molecule has 0 aliphatic heterocycles. The molecule has 3 aromatic rings. The number of benzene rings is 1. The summed E-state index contributed by atoms with van der Waals surface area (Å²) >= 11 is 1.31. The molecule has 3 rings (SSSR count). The second-order valence-electron chi connectivity index (χ2n) is 7.97. The van der Waals surface area contributed by atoms with Crippen LogP contribution in [0.5, 0.6) is 0 Å². The van der Waals surface area contributed by atoms with Crippen molar-refractivity contribution in [1.29, 1.82) is 0 Å². The quantitative estimate of drug-likeness (QED) is 0.457. The molecule has 30 heavy (non-hydrogen) atoms. The van der Waals surface area contributed by atoms with Gasteiger partial charge in [-0.25, -0.2) is 4.98 Å². The van der Waals surface area contributed by atoms with Crippen molar-refractivity contribution in [1.82, 2.24) is 19.3 Å². The second kappa shape index (κ2) is 9.04. The molecule has 160 valence electrons. The predicted octanol–water partition coefficient (Wildman–Crippen LogP) is 3.91. The third kappa shape index (κ3) is 4.59. The minimum Gasteiger partial charge on any atom is -0.322 e. The van der Waals surface area contributed by atoms with Gasteiger partial charge in [-0.3, -0.25) is 18.8 Å². The van der Waals surface area contributed by atoms with Crippen molar-refractivity contribution in [2.75, 3.05) is 5.32 Å². The number of aryl methyl sites for hydroxylation is 2. The molecule has 0 bridgehead atoms. The van der Waals surface area contributed by atoms with Crippen LogP contribution in [0.2, 0.25) is 0 Å². The number of rotatable bonds is 7. The first kappa shape index (κ1) is 22.1. The Hall–Kier alpha value is -2.61. The summed E-state index contributed by atoms with van der Waals surface area (Å²) in [5.41, 5.74) is 3.00. The van der Waals surface area contributed by atoms with Crippen LogP contribution in [0.25, 0.3) is 10.9 Å². The molecule has 1 atom stereocenters. The first-order valence-corrected chi connectivity index (χ1v) is 11.0. The number of nitrogens with one attached hydrogen (secondary N) is 1. The Bertz CT molecular complexity index is 1130. The Morgan fingerprint density at radius 2 is 1.90 bits per heavy atom. The van der Waals surface area contributed by atoms with Gasteiger partial charge in [-0.1, -0.05) is 37.7 Å². The maximum atomic E-state index is 13.1. The van der Waals surface area contributed by atoms with Crippen LogP contribution in [-0.2, 0) is 18.4 Å². The van der Waals surface area contributed by atoms with Gasteiger partial charge in [0.1, 0.15) is 0 Å². The van der Waals surface area contributed by atoms with E-state index in [0.717, 1.165) is 23.5 Å². The fourth-order valence-corrected chi connectivity index (χ4v) is 4.15. The normalized spacial score (nSPS) is 12.5. The van der Waals surface area contributed by atoms with Gasteiger partial charge in [0.05, 0.1) is 33.2 Å². The molecule has 0 aliphatic rings. The molecule has 0 aliphatic carbocycles. The molecular formula is C22H29N5O2S. The number of hydrogen-bond donors (Lipinski definition) is 1. The van der Waals surface area contributed by atoms with Gasteiger partial charge in [0, 0.05) is 13.6 Å². The Morgan fingerprint density at radius 3 is 2.53 bits per heavy atom. The van der Waals surface area contributed by atoms with Gasteiger partial charge in [0.15, 0.2) is 5.16 Å². The minimum atomic E-state index is -0.428. The number of thioether (sulfide) groups is 1. The van der Waals surface area contributed by atoms with Gasteiger partial charge in [-0.15, -0.1) is 0 Å². The number of fused-ring (bicyclic) bond motifs is 1. The van der Waals surface area contributed by atoms with E-state index in [4.69, 9.17) is 4.98 Å². The maximum absolute atomic E-state index is 13.1. The molecule has 1 amide bonds. The monoisotopic (exact) mass is 427 g/mol. The van der Waals surface area contributed by atoms with Crippen LogP contribution in [0.15, 0.2) is 34.2 Å². The summed E-state index contributed by atoms with van der Waals surface area (Å²) in [6.45, 7) is 10.4. The van der Waals surface area contributed by atoms with Crippen molar-refractivity contribution >= 4 is 34.3 Å². The Kier molecular flexibility index (Phi) is 6.65. The topological polar surface area (TPSA) is 81.8 Å². The van der Waals surface area contributed by atoms with Gasteiger partial charge in [-0.05, 0) is 45.2 Å². The number of hydrogen-bond acceptors (Lipinski definition) is 5. The third-order valence-corrected chi connectivity index (χ3v) is 6.26. The highest BCUT2D eigenvalue weighted by Gasteiger charge is 2.21. The van der Waals surface area contributed by atoms with Crippen LogP contribution in [-0.4, -0.2) is 30.5 Å². The molecule has 1 aromatic carbocycles. The average molecular weight is 428 g/mol. The molecule has 7 nitrogen and oxygen atoms in total. The molecular weight excluding hydrogens is 398 g/mol. The molecule has 0 radical (unpaired) electrons. The lowest BCUT2D eigenvalue weighted by Gasteiger charge is -2.17. The van der Waals surface area contributed by atoms with E-state index in [9.17, 15) is 9.59 Å². The third-order valence-electron chi connectivity index (χ3n) is 5.17. The standard InChI is InChI=1S/C22H29N5O2S/c1-13(2)11-12-27-21(29)17-9-7-8-10-18(17)23-22(27)30-16(5)20(28)24-19-14(3)25-26(6)15(19)4/h7-10,13,16H,11-12H2,1-6H3,(H,24,28)/t16-/m1/s1. The van der Waals surface area contributed by atoms with Crippen molar-refractivity contribution in [3.8, 4) is 0 Å². The average Bonchev–Trinajstić information content (AvgIpc) is 2.93. The Balaban J connectivity index is 1.90. The van der Waals surface area contributed by atoms with E-state index in [1.807, 2.05) is 46.0 Å². The van der Waals surface area contributed by atoms with Gasteiger partial charge >= 0.3 is 0 Å². The highest BCUT2D eigenvalue weighted by Crippen LogP contribution is 2.25. The molecule has 0 spiro atoms. The second-order valence-corrected chi connectivity index (χ2v) is 9.28. The SMILES string of the molecule is Cc1nn(C)c(C)c1NC(=O)[C@@H](C)Sc1nc2ccccc2c(=O)n1CCC(C)C. The molecule has 2 aromatic heterocycles. The van der Waals surface area contributed by atoms with Crippen LogP contribution in [0, 0.1) is 19.8 Å². The number of aromatic nitrogens is 4. The van der Waals surface area contributed by atoms with E-state index in [1.54, 1.807) is 15.3 Å². The summed E-state index contributed by atoms with van der Waals surface area (Å²) in [5.74, 6) is 0.315. The molecule has 0 saturated carbocycles. The van der Waals surface area contributed by atoms with Gasteiger partial charge < -0.3 is 5.32 Å². The number of para-hydroxylation sites is 1. The van der Waals surface area contributed by atoms with Crippen molar-refractivity contribution in [2.45, 2.75) is 58.0 Å². The van der Waals surface area contributed by atoms with E-state index < -0.39 is 5.25 Å². The minimum absolute atomic E-state index is 0.0599. The van der Waals surface area contributed by atoms with Crippen molar-refractivity contribution in [3.63, 3.8) is 0 Å². The van der Waals surface area contributed by atoms with Crippen LogP contribution in [0.3, 0.4) is 0 Å². The number of anilines is 1. The maximum Gasteiger partial charge on any atom is 0.262 e. The first-order valence-electron chi connectivity index (χ1n) is 10.2. The van der Waals surface area contributed by atoms with Crippen molar-refractivity contribution in [3.05, 3.63) is 46.0 Å². The molecule has 1 N–H and O–H groups in total. The summed E-state index contributed by atoms with van der Waals surface area (Å²) in [6, 6.07) is 7.35. The highest BCUT2D eigenvalue weighted by molar-refractivity contribution is 8.00.